The molecule has 176 valence electrons. The van der Waals surface area contributed by atoms with E-state index in [1.807, 2.05) is 35.7 Å². The third-order valence-electron chi connectivity index (χ3n) is 6.82. The van der Waals surface area contributed by atoms with Crippen molar-refractivity contribution in [2.75, 3.05) is 5.32 Å². The van der Waals surface area contributed by atoms with Gasteiger partial charge in [-0.3, -0.25) is 14.2 Å². The van der Waals surface area contributed by atoms with Gasteiger partial charge in [-0.1, -0.05) is 51.1 Å². The Morgan fingerprint density at radius 3 is 2.74 bits per heavy atom. The average molecular weight is 493 g/mol. The normalized spacial score (nSPS) is 16.9. The minimum atomic E-state index is -0.699. The molecule has 0 saturated carbocycles. The summed E-state index contributed by atoms with van der Waals surface area (Å²) in [6, 6.07) is 9.13. The lowest BCUT2D eigenvalue weighted by atomic mass is 9.72. The van der Waals surface area contributed by atoms with E-state index in [0.29, 0.717) is 16.4 Å². The van der Waals surface area contributed by atoms with E-state index in [2.05, 4.69) is 36.1 Å². The van der Waals surface area contributed by atoms with E-state index < -0.39 is 6.04 Å². The van der Waals surface area contributed by atoms with E-state index in [4.69, 9.17) is 0 Å². The van der Waals surface area contributed by atoms with Gasteiger partial charge in [-0.25, -0.2) is 9.97 Å². The Labute approximate surface area is 206 Å². The summed E-state index contributed by atoms with van der Waals surface area (Å²) < 4.78 is 1.45. The van der Waals surface area contributed by atoms with Crippen LogP contribution in [0.25, 0.3) is 21.5 Å². The number of carbonyl (C=O) groups excluding carboxylic acids is 1. The molecule has 0 saturated heterocycles. The topological polar surface area (TPSA) is 76.9 Å². The summed E-state index contributed by atoms with van der Waals surface area (Å²) in [5, 5.41) is 5.99. The fourth-order valence-corrected chi connectivity index (χ4v) is 6.58. The Morgan fingerprint density at radius 1 is 1.24 bits per heavy atom. The standard InChI is InChI=1S/C26H28N4O2S2/c1-15(22(31)29-25-28-19(13-33-25)16-8-6-5-7-9-16)30-14-27-23-21(24(30)32)18-11-10-17(26(2,3)4)12-20(18)34-23/h5-9,13-15,17H,10-12H2,1-4H3,(H,28,29,31). The smallest absolute Gasteiger partial charge is 0.263 e. The van der Waals surface area contributed by atoms with Crippen molar-refractivity contribution in [3.63, 3.8) is 0 Å². The Kier molecular flexibility index (Phi) is 5.90. The van der Waals surface area contributed by atoms with E-state index in [9.17, 15) is 9.59 Å². The van der Waals surface area contributed by atoms with Crippen LogP contribution >= 0.6 is 22.7 Å². The fraction of sp³-hybridized carbons (Fsp3) is 0.385. The highest BCUT2D eigenvalue weighted by Gasteiger charge is 2.32. The van der Waals surface area contributed by atoms with Crippen molar-refractivity contribution in [3.05, 3.63) is 62.8 Å². The Balaban J connectivity index is 1.39. The molecule has 1 aliphatic rings. The first-order valence-electron chi connectivity index (χ1n) is 11.6. The highest BCUT2D eigenvalue weighted by molar-refractivity contribution is 7.18. The molecule has 2 unspecified atom stereocenters. The van der Waals surface area contributed by atoms with Crippen molar-refractivity contribution >= 4 is 43.9 Å². The van der Waals surface area contributed by atoms with E-state index in [0.717, 1.165) is 40.9 Å². The lowest BCUT2D eigenvalue weighted by Crippen LogP contribution is -2.32. The number of hydrogen-bond acceptors (Lipinski definition) is 6. The Hall–Kier alpha value is -2.84. The fourth-order valence-electron chi connectivity index (χ4n) is 4.60. The molecule has 4 aromatic rings. The molecule has 8 heteroatoms. The highest BCUT2D eigenvalue weighted by Crippen LogP contribution is 2.42. The number of nitrogens with one attached hydrogen (secondary N) is 1. The molecule has 1 aromatic carbocycles. The van der Waals surface area contributed by atoms with Crippen LogP contribution in [0, 0.1) is 11.3 Å². The second-order valence-corrected chi connectivity index (χ2v) is 12.0. The Morgan fingerprint density at radius 2 is 2.00 bits per heavy atom. The first-order valence-corrected chi connectivity index (χ1v) is 13.2. The van der Waals surface area contributed by atoms with Crippen molar-refractivity contribution in [2.24, 2.45) is 11.3 Å². The van der Waals surface area contributed by atoms with Gasteiger partial charge in [0, 0.05) is 15.8 Å². The predicted molar refractivity (Wildman–Crippen MR) is 140 cm³/mol. The van der Waals surface area contributed by atoms with Gasteiger partial charge in [-0.2, -0.15) is 0 Å². The zero-order valence-electron chi connectivity index (χ0n) is 19.8. The van der Waals surface area contributed by atoms with Crippen molar-refractivity contribution in [1.82, 2.24) is 14.5 Å². The number of nitrogens with zero attached hydrogens (tertiary/aromatic N) is 3. The van der Waals surface area contributed by atoms with Crippen LogP contribution in [0.15, 0.2) is 46.8 Å². The summed E-state index contributed by atoms with van der Waals surface area (Å²) in [6.07, 6.45) is 4.46. The van der Waals surface area contributed by atoms with Gasteiger partial charge >= 0.3 is 0 Å². The lowest BCUT2D eigenvalue weighted by Gasteiger charge is -2.33. The summed E-state index contributed by atoms with van der Waals surface area (Å²) in [6.45, 7) is 8.58. The van der Waals surface area contributed by atoms with Crippen LogP contribution < -0.4 is 10.9 Å². The number of aromatic nitrogens is 3. The average Bonchev–Trinajstić information content (AvgIpc) is 3.43. The minimum Gasteiger partial charge on any atom is -0.300 e. The van der Waals surface area contributed by atoms with Crippen LogP contribution in [0.2, 0.25) is 0 Å². The molecule has 6 nitrogen and oxygen atoms in total. The number of carbonyl (C=O) groups is 1. The van der Waals surface area contributed by atoms with E-state index in [1.165, 1.54) is 27.1 Å². The lowest BCUT2D eigenvalue weighted by molar-refractivity contribution is -0.118. The van der Waals surface area contributed by atoms with E-state index in [-0.39, 0.29) is 16.9 Å². The molecule has 0 bridgehead atoms. The molecule has 34 heavy (non-hydrogen) atoms. The van der Waals surface area contributed by atoms with Gasteiger partial charge in [0.05, 0.1) is 17.4 Å². The number of aryl methyl sites for hydroxylation is 1. The highest BCUT2D eigenvalue weighted by atomic mass is 32.1. The maximum absolute atomic E-state index is 13.5. The predicted octanol–water partition coefficient (Wildman–Crippen LogP) is 5.93. The summed E-state index contributed by atoms with van der Waals surface area (Å²) in [4.78, 5) is 37.6. The first-order chi connectivity index (χ1) is 16.2. The zero-order valence-corrected chi connectivity index (χ0v) is 21.4. The maximum atomic E-state index is 13.5. The third kappa shape index (κ3) is 4.20. The van der Waals surface area contributed by atoms with Gasteiger partial charge in [0.2, 0.25) is 5.91 Å². The van der Waals surface area contributed by atoms with Crippen LogP contribution in [0.5, 0.6) is 0 Å². The largest absolute Gasteiger partial charge is 0.300 e. The van der Waals surface area contributed by atoms with Gasteiger partial charge in [-0.05, 0) is 43.1 Å². The van der Waals surface area contributed by atoms with Crippen molar-refractivity contribution in [1.29, 1.82) is 0 Å². The molecular formula is C26H28N4O2S2. The molecule has 1 N–H and O–H groups in total. The van der Waals surface area contributed by atoms with Crippen molar-refractivity contribution in [2.45, 2.75) is 53.0 Å². The van der Waals surface area contributed by atoms with E-state index >= 15 is 0 Å². The summed E-state index contributed by atoms with van der Waals surface area (Å²) in [5.74, 6) is 0.313. The maximum Gasteiger partial charge on any atom is 0.263 e. The number of fused-ring (bicyclic) bond motifs is 3. The molecule has 1 aliphatic carbocycles. The number of rotatable bonds is 4. The quantitative estimate of drug-likeness (QED) is 0.383. The first kappa shape index (κ1) is 22.9. The summed E-state index contributed by atoms with van der Waals surface area (Å²) in [5.41, 5.74) is 3.04. The summed E-state index contributed by atoms with van der Waals surface area (Å²) in [7, 11) is 0. The van der Waals surface area contributed by atoms with Gasteiger partial charge in [0.15, 0.2) is 5.13 Å². The zero-order chi connectivity index (χ0) is 24.0. The number of thiazole rings is 1. The third-order valence-corrected chi connectivity index (χ3v) is 8.74. The van der Waals surface area contributed by atoms with Crippen LogP contribution in [-0.4, -0.2) is 20.4 Å². The second kappa shape index (κ2) is 8.74. The van der Waals surface area contributed by atoms with Gasteiger partial charge in [0.25, 0.3) is 5.56 Å². The summed E-state index contributed by atoms with van der Waals surface area (Å²) >= 11 is 3.00. The number of benzene rings is 1. The Bertz CT molecular complexity index is 1410. The van der Waals surface area contributed by atoms with Gasteiger partial charge < -0.3 is 5.32 Å². The molecule has 0 fully saturated rings. The van der Waals surface area contributed by atoms with Crippen LogP contribution in [0.1, 0.15) is 50.6 Å². The molecular weight excluding hydrogens is 464 g/mol. The van der Waals surface area contributed by atoms with Crippen molar-refractivity contribution < 1.29 is 4.79 Å². The SMILES string of the molecule is CC(C(=O)Nc1nc(-c2ccccc2)cs1)n1cnc2sc3c(c2c1=O)CCC(C(C)(C)C)C3. The number of anilines is 1. The molecule has 2 atom stereocenters. The molecule has 3 aromatic heterocycles. The molecule has 5 rings (SSSR count). The van der Waals surface area contributed by atoms with Gasteiger partial charge in [-0.15, -0.1) is 22.7 Å². The number of hydrogen-bond donors (Lipinski definition) is 1. The molecule has 0 radical (unpaired) electrons. The van der Waals surface area contributed by atoms with Crippen LogP contribution in [0.3, 0.4) is 0 Å². The van der Waals surface area contributed by atoms with Crippen molar-refractivity contribution in [3.8, 4) is 11.3 Å². The molecule has 1 amide bonds. The number of amides is 1. The van der Waals surface area contributed by atoms with Crippen LogP contribution in [-0.2, 0) is 17.6 Å². The van der Waals surface area contributed by atoms with Gasteiger partial charge in [0.1, 0.15) is 10.9 Å². The second-order valence-electron chi connectivity index (χ2n) is 10.0. The number of thiophene rings is 1. The molecule has 0 aliphatic heterocycles. The van der Waals surface area contributed by atoms with Crippen LogP contribution in [0.4, 0.5) is 5.13 Å². The minimum absolute atomic E-state index is 0.136. The molecule has 3 heterocycles. The monoisotopic (exact) mass is 492 g/mol. The molecule has 0 spiro atoms. The van der Waals surface area contributed by atoms with E-state index in [1.54, 1.807) is 18.3 Å².